The summed E-state index contributed by atoms with van der Waals surface area (Å²) < 4.78 is 11.9. The van der Waals surface area contributed by atoms with Crippen molar-refractivity contribution in [3.63, 3.8) is 0 Å². The summed E-state index contributed by atoms with van der Waals surface area (Å²) >= 11 is 8.80. The lowest BCUT2D eigenvalue weighted by atomic mass is 10.0. The topological polar surface area (TPSA) is 38.8 Å². The van der Waals surface area contributed by atoms with E-state index in [0.29, 0.717) is 32.3 Å². The van der Waals surface area contributed by atoms with Crippen LogP contribution < -0.4 is 9.47 Å². The Balaban J connectivity index is 2.46. The maximum Gasteiger partial charge on any atom is 0.264 e. The van der Waals surface area contributed by atoms with E-state index in [2.05, 4.69) is 15.9 Å². The number of carbonyl (C=O) groups excluding carboxylic acids is 1. The van der Waals surface area contributed by atoms with Gasteiger partial charge >= 0.3 is 0 Å². The molecule has 132 valence electrons. The number of halogens is 1. The first-order valence-electron chi connectivity index (χ1n) is 7.95. The van der Waals surface area contributed by atoms with Crippen molar-refractivity contribution in [2.75, 3.05) is 20.2 Å². The minimum Gasteiger partial charge on any atom is -0.496 e. The van der Waals surface area contributed by atoms with Gasteiger partial charge in [0.25, 0.3) is 5.17 Å². The number of benzene rings is 2. The lowest BCUT2D eigenvalue weighted by molar-refractivity contribution is 0.103. The summed E-state index contributed by atoms with van der Waals surface area (Å²) in [5, 5.41) is 0.337. The SMILES string of the molecule is CCN(CC)C(=S)Oc1cc(Br)c(OC)cc1C(=O)c1ccccc1. The monoisotopic (exact) mass is 421 g/mol. The van der Waals surface area contributed by atoms with Crippen LogP contribution in [0.1, 0.15) is 29.8 Å². The molecule has 0 amide bonds. The molecule has 0 unspecified atom stereocenters. The van der Waals surface area contributed by atoms with Gasteiger partial charge in [-0.1, -0.05) is 30.3 Å². The van der Waals surface area contributed by atoms with Crippen LogP contribution in [0, 0.1) is 0 Å². The summed E-state index contributed by atoms with van der Waals surface area (Å²) in [6.45, 7) is 5.46. The van der Waals surface area contributed by atoms with E-state index in [0.717, 1.165) is 13.1 Å². The van der Waals surface area contributed by atoms with Crippen molar-refractivity contribution in [3.8, 4) is 11.5 Å². The minimum atomic E-state index is -0.149. The van der Waals surface area contributed by atoms with Crippen LogP contribution in [0.15, 0.2) is 46.9 Å². The molecule has 0 radical (unpaired) electrons. The van der Waals surface area contributed by atoms with Gasteiger partial charge in [-0.3, -0.25) is 4.79 Å². The van der Waals surface area contributed by atoms with Crippen molar-refractivity contribution in [3.05, 3.63) is 58.1 Å². The number of methoxy groups -OCH3 is 1. The number of hydrogen-bond donors (Lipinski definition) is 0. The number of hydrogen-bond acceptors (Lipinski definition) is 4. The van der Waals surface area contributed by atoms with E-state index in [-0.39, 0.29) is 5.78 Å². The largest absolute Gasteiger partial charge is 0.496 e. The van der Waals surface area contributed by atoms with Gasteiger partial charge in [0.1, 0.15) is 11.5 Å². The molecule has 0 bridgehead atoms. The zero-order valence-corrected chi connectivity index (χ0v) is 16.8. The fourth-order valence-electron chi connectivity index (χ4n) is 2.34. The summed E-state index contributed by atoms with van der Waals surface area (Å²) in [6, 6.07) is 12.4. The van der Waals surface area contributed by atoms with Gasteiger partial charge in [-0.15, -0.1) is 0 Å². The van der Waals surface area contributed by atoms with Crippen molar-refractivity contribution < 1.29 is 14.3 Å². The smallest absolute Gasteiger partial charge is 0.264 e. The molecule has 2 aromatic carbocycles. The Hall–Kier alpha value is -1.92. The molecule has 6 heteroatoms. The molecule has 0 atom stereocenters. The molecule has 0 N–H and O–H groups in total. The molecular formula is C19H20BrNO3S. The second kappa shape index (κ2) is 8.97. The van der Waals surface area contributed by atoms with E-state index in [4.69, 9.17) is 21.7 Å². The number of ether oxygens (including phenoxy) is 2. The van der Waals surface area contributed by atoms with Crippen LogP contribution in [0.2, 0.25) is 0 Å². The molecule has 0 fully saturated rings. The Labute approximate surface area is 161 Å². The molecule has 0 aliphatic heterocycles. The average molecular weight is 422 g/mol. The predicted molar refractivity (Wildman–Crippen MR) is 107 cm³/mol. The quantitative estimate of drug-likeness (QED) is 0.499. The molecule has 0 aromatic heterocycles. The van der Waals surface area contributed by atoms with Crippen LogP contribution in [0.5, 0.6) is 11.5 Å². The van der Waals surface area contributed by atoms with Gasteiger partial charge in [0.2, 0.25) is 0 Å². The maximum absolute atomic E-state index is 12.9. The molecular weight excluding hydrogens is 402 g/mol. The Bertz CT molecular complexity index is 761. The summed E-state index contributed by atoms with van der Waals surface area (Å²) in [4.78, 5) is 14.8. The molecule has 0 aliphatic carbocycles. The average Bonchev–Trinajstić information content (AvgIpc) is 2.63. The zero-order chi connectivity index (χ0) is 18.4. The van der Waals surface area contributed by atoms with Crippen molar-refractivity contribution in [1.82, 2.24) is 4.90 Å². The lowest BCUT2D eigenvalue weighted by Crippen LogP contribution is -2.33. The molecule has 2 aromatic rings. The highest BCUT2D eigenvalue weighted by atomic mass is 79.9. The Morgan fingerprint density at radius 2 is 1.76 bits per heavy atom. The fourth-order valence-corrected chi connectivity index (χ4v) is 3.17. The lowest BCUT2D eigenvalue weighted by Gasteiger charge is -2.22. The standard InChI is InChI=1S/C19H20BrNO3S/c1-4-21(5-2)19(25)24-16-12-15(20)17(23-3)11-14(16)18(22)13-9-7-6-8-10-13/h6-12H,4-5H2,1-3H3. The Morgan fingerprint density at radius 1 is 1.12 bits per heavy atom. The molecule has 0 spiro atoms. The molecule has 25 heavy (non-hydrogen) atoms. The first-order chi connectivity index (χ1) is 12.0. The van der Waals surface area contributed by atoms with Crippen LogP contribution in [0.25, 0.3) is 0 Å². The summed E-state index contributed by atoms with van der Waals surface area (Å²) in [7, 11) is 1.55. The van der Waals surface area contributed by atoms with Gasteiger partial charge in [-0.25, -0.2) is 0 Å². The van der Waals surface area contributed by atoms with Crippen molar-refractivity contribution >= 4 is 39.1 Å². The Morgan fingerprint density at radius 3 is 2.32 bits per heavy atom. The van der Waals surface area contributed by atoms with Gasteiger partial charge in [0.05, 0.1) is 17.1 Å². The van der Waals surface area contributed by atoms with E-state index in [9.17, 15) is 4.79 Å². The summed E-state index contributed by atoms with van der Waals surface area (Å²) in [5.41, 5.74) is 0.978. The zero-order valence-electron chi connectivity index (χ0n) is 14.4. The fraction of sp³-hybridized carbons (Fsp3) is 0.263. The van der Waals surface area contributed by atoms with Gasteiger partial charge in [-0.2, -0.15) is 0 Å². The maximum atomic E-state index is 12.9. The molecule has 2 rings (SSSR count). The van der Waals surface area contributed by atoms with Crippen LogP contribution in [-0.2, 0) is 0 Å². The van der Waals surface area contributed by atoms with Gasteiger partial charge in [0.15, 0.2) is 5.78 Å². The van der Waals surface area contributed by atoms with Crippen LogP contribution in [0.4, 0.5) is 0 Å². The Kier molecular flexibility index (Phi) is 6.96. The third-order valence-electron chi connectivity index (χ3n) is 3.75. The van der Waals surface area contributed by atoms with E-state index >= 15 is 0 Å². The van der Waals surface area contributed by atoms with Crippen molar-refractivity contribution in [2.45, 2.75) is 13.8 Å². The number of nitrogens with zero attached hydrogens (tertiary/aromatic N) is 1. The summed E-state index contributed by atoms with van der Waals surface area (Å²) in [5.74, 6) is 0.808. The van der Waals surface area contributed by atoms with E-state index in [1.165, 1.54) is 0 Å². The molecule has 0 saturated carbocycles. The van der Waals surface area contributed by atoms with Crippen molar-refractivity contribution in [2.24, 2.45) is 0 Å². The second-order valence-electron chi connectivity index (χ2n) is 5.22. The highest BCUT2D eigenvalue weighted by Gasteiger charge is 2.20. The minimum absolute atomic E-state index is 0.149. The molecule has 0 heterocycles. The van der Waals surface area contributed by atoms with Crippen LogP contribution >= 0.6 is 28.1 Å². The first-order valence-corrected chi connectivity index (χ1v) is 9.15. The van der Waals surface area contributed by atoms with Crippen LogP contribution in [0.3, 0.4) is 0 Å². The van der Waals surface area contributed by atoms with Crippen LogP contribution in [-0.4, -0.2) is 36.1 Å². The number of thiocarbonyl (C=S) groups is 1. The number of rotatable bonds is 6. The van der Waals surface area contributed by atoms with E-state index in [1.807, 2.05) is 36.9 Å². The number of ketones is 1. The van der Waals surface area contributed by atoms with Gasteiger partial charge in [-0.05, 0) is 54.1 Å². The number of carbonyl (C=O) groups is 1. The third-order valence-corrected chi connectivity index (χ3v) is 4.71. The summed E-state index contributed by atoms with van der Waals surface area (Å²) in [6.07, 6.45) is 0. The highest BCUT2D eigenvalue weighted by molar-refractivity contribution is 9.10. The molecule has 4 nitrogen and oxygen atoms in total. The first kappa shape index (κ1) is 19.4. The van der Waals surface area contributed by atoms with E-state index < -0.39 is 0 Å². The van der Waals surface area contributed by atoms with Gasteiger partial charge in [0, 0.05) is 18.7 Å². The van der Waals surface area contributed by atoms with E-state index in [1.54, 1.807) is 31.4 Å². The van der Waals surface area contributed by atoms with Gasteiger partial charge < -0.3 is 14.4 Å². The third kappa shape index (κ3) is 4.58. The van der Waals surface area contributed by atoms with Crippen molar-refractivity contribution in [1.29, 1.82) is 0 Å². The predicted octanol–water partition coefficient (Wildman–Crippen LogP) is 4.69. The molecule has 0 aliphatic rings. The molecule has 0 saturated heterocycles. The second-order valence-corrected chi connectivity index (χ2v) is 6.42. The normalized spacial score (nSPS) is 10.2. The highest BCUT2D eigenvalue weighted by Crippen LogP contribution is 2.34.